The third kappa shape index (κ3) is 2.67. The summed E-state index contributed by atoms with van der Waals surface area (Å²) in [5, 5.41) is 0. The number of sulfonamides is 1. The van der Waals surface area contributed by atoms with Crippen LogP contribution in [0, 0.1) is 6.92 Å². The summed E-state index contributed by atoms with van der Waals surface area (Å²) in [4.78, 5) is -0.0476. The lowest BCUT2D eigenvalue weighted by Gasteiger charge is -2.27. The lowest BCUT2D eigenvalue weighted by Crippen LogP contribution is -2.36. The fourth-order valence-corrected chi connectivity index (χ4v) is 3.45. The molecule has 2 rings (SSSR count). The summed E-state index contributed by atoms with van der Waals surface area (Å²) in [5.74, 6) is -0.858. The fraction of sp³-hybridized carbons (Fsp3) is 0.455. The number of aryl methyl sites for hydroxylation is 1. The molecular formula is C11H12F3NO2S. The van der Waals surface area contributed by atoms with Gasteiger partial charge in [0.1, 0.15) is 0 Å². The Morgan fingerprint density at radius 3 is 2.67 bits per heavy atom. The van der Waals surface area contributed by atoms with Crippen molar-refractivity contribution in [3.05, 3.63) is 29.3 Å². The monoisotopic (exact) mass is 279 g/mol. The lowest BCUT2D eigenvalue weighted by atomic mass is 9.94. The number of nitrogens with one attached hydrogen (secondary N) is 1. The average molecular weight is 279 g/mol. The minimum absolute atomic E-state index is 0.0476. The highest BCUT2D eigenvalue weighted by atomic mass is 32.2. The molecule has 1 aliphatic heterocycles. The molecule has 1 atom stereocenters. The zero-order valence-corrected chi connectivity index (χ0v) is 10.4. The molecule has 18 heavy (non-hydrogen) atoms. The van der Waals surface area contributed by atoms with E-state index in [0.717, 1.165) is 5.56 Å². The van der Waals surface area contributed by atoms with Crippen molar-refractivity contribution in [3.8, 4) is 0 Å². The van der Waals surface area contributed by atoms with Gasteiger partial charge in [-0.1, -0.05) is 17.7 Å². The van der Waals surface area contributed by atoms with Gasteiger partial charge in [-0.2, -0.15) is 13.2 Å². The largest absolute Gasteiger partial charge is 0.389 e. The second-order valence-electron chi connectivity index (χ2n) is 4.41. The van der Waals surface area contributed by atoms with Crippen LogP contribution in [0.2, 0.25) is 0 Å². The van der Waals surface area contributed by atoms with Crippen molar-refractivity contribution < 1.29 is 21.6 Å². The molecule has 0 unspecified atom stereocenters. The van der Waals surface area contributed by atoms with Gasteiger partial charge in [0.25, 0.3) is 0 Å². The predicted molar refractivity (Wildman–Crippen MR) is 59.8 cm³/mol. The van der Waals surface area contributed by atoms with Gasteiger partial charge >= 0.3 is 6.18 Å². The molecule has 0 saturated carbocycles. The smallest absolute Gasteiger partial charge is 0.211 e. The van der Waals surface area contributed by atoms with Gasteiger partial charge in [0.15, 0.2) is 0 Å². The van der Waals surface area contributed by atoms with Gasteiger partial charge in [-0.15, -0.1) is 0 Å². The van der Waals surface area contributed by atoms with E-state index in [1.807, 2.05) is 0 Å². The average Bonchev–Trinajstić information content (AvgIpc) is 2.21. The van der Waals surface area contributed by atoms with Gasteiger partial charge in [-0.05, 0) is 18.6 Å². The third-order valence-electron chi connectivity index (χ3n) is 2.89. The fourth-order valence-electron chi connectivity index (χ4n) is 2.09. The number of fused-ring (bicyclic) bond motifs is 1. The van der Waals surface area contributed by atoms with E-state index in [4.69, 9.17) is 0 Å². The van der Waals surface area contributed by atoms with Crippen LogP contribution in [-0.2, 0) is 10.0 Å². The summed E-state index contributed by atoms with van der Waals surface area (Å²) in [6, 6.07) is 4.45. The first-order valence-electron chi connectivity index (χ1n) is 5.36. The number of halogens is 3. The van der Waals surface area contributed by atoms with Crippen molar-refractivity contribution in [3.63, 3.8) is 0 Å². The zero-order chi connectivity index (χ0) is 13.6. The first-order chi connectivity index (χ1) is 8.19. The topological polar surface area (TPSA) is 46.2 Å². The van der Waals surface area contributed by atoms with Gasteiger partial charge < -0.3 is 0 Å². The second kappa shape index (κ2) is 4.24. The standard InChI is InChI=1S/C11H12F3NO2S/c1-7-2-3-10-9(4-7)8(5-11(12,13)14)6-15-18(10,16)17/h2-4,8,15H,5-6H2,1H3/t8-/m1/s1. The third-order valence-corrected chi connectivity index (χ3v) is 4.39. The van der Waals surface area contributed by atoms with Crippen molar-refractivity contribution in [2.24, 2.45) is 0 Å². The molecule has 0 amide bonds. The van der Waals surface area contributed by atoms with E-state index in [0.29, 0.717) is 0 Å². The van der Waals surface area contributed by atoms with Crippen molar-refractivity contribution >= 4 is 10.0 Å². The molecule has 0 radical (unpaired) electrons. The van der Waals surface area contributed by atoms with Gasteiger partial charge in [0.05, 0.1) is 11.3 Å². The molecule has 1 N–H and O–H groups in total. The van der Waals surface area contributed by atoms with Crippen molar-refractivity contribution in [2.75, 3.05) is 6.54 Å². The van der Waals surface area contributed by atoms with Crippen LogP contribution >= 0.6 is 0 Å². The molecule has 100 valence electrons. The minimum Gasteiger partial charge on any atom is -0.211 e. The van der Waals surface area contributed by atoms with E-state index in [1.54, 1.807) is 13.0 Å². The van der Waals surface area contributed by atoms with E-state index in [1.165, 1.54) is 12.1 Å². The summed E-state index contributed by atoms with van der Waals surface area (Å²) in [6.07, 6.45) is -5.33. The Kier molecular flexibility index (Phi) is 3.14. The van der Waals surface area contributed by atoms with Crippen LogP contribution < -0.4 is 4.72 Å². The Hall–Kier alpha value is -1.08. The number of hydrogen-bond donors (Lipinski definition) is 1. The van der Waals surface area contributed by atoms with Gasteiger partial charge in [-0.25, -0.2) is 13.1 Å². The summed E-state index contributed by atoms with van der Waals surface area (Å²) in [6.45, 7) is 1.51. The number of rotatable bonds is 1. The van der Waals surface area contributed by atoms with Crippen LogP contribution in [0.5, 0.6) is 0 Å². The number of alkyl halides is 3. The molecule has 0 fully saturated rings. The number of hydrogen-bond acceptors (Lipinski definition) is 2. The first-order valence-corrected chi connectivity index (χ1v) is 6.84. The van der Waals surface area contributed by atoms with E-state index in [2.05, 4.69) is 4.72 Å². The maximum atomic E-state index is 12.5. The minimum atomic E-state index is -4.31. The molecule has 0 saturated heterocycles. The molecule has 0 spiro atoms. The summed E-state index contributed by atoms with van der Waals surface area (Å²) >= 11 is 0. The van der Waals surface area contributed by atoms with E-state index >= 15 is 0 Å². The lowest BCUT2D eigenvalue weighted by molar-refractivity contribution is -0.138. The van der Waals surface area contributed by atoms with E-state index < -0.39 is 28.5 Å². The zero-order valence-electron chi connectivity index (χ0n) is 9.58. The predicted octanol–water partition coefficient (Wildman–Crippen LogP) is 2.32. The highest BCUT2D eigenvalue weighted by molar-refractivity contribution is 7.89. The quantitative estimate of drug-likeness (QED) is 0.857. The summed E-state index contributed by atoms with van der Waals surface area (Å²) in [7, 11) is -3.66. The van der Waals surface area contributed by atoms with Crippen LogP contribution in [0.15, 0.2) is 23.1 Å². The summed E-state index contributed by atoms with van der Waals surface area (Å²) in [5.41, 5.74) is 1.00. The molecule has 0 aliphatic carbocycles. The maximum absolute atomic E-state index is 12.5. The molecule has 7 heteroatoms. The Balaban J connectivity index is 2.48. The van der Waals surface area contributed by atoms with E-state index in [9.17, 15) is 21.6 Å². The SMILES string of the molecule is Cc1ccc2c(c1)[C@H](CC(F)(F)F)CNS2(=O)=O. The van der Waals surface area contributed by atoms with E-state index in [-0.39, 0.29) is 17.0 Å². The molecule has 1 aromatic carbocycles. The molecule has 1 heterocycles. The van der Waals surface area contributed by atoms with Crippen LogP contribution in [0.4, 0.5) is 13.2 Å². The van der Waals surface area contributed by atoms with Crippen molar-refractivity contribution in [2.45, 2.75) is 30.3 Å². The molecule has 3 nitrogen and oxygen atoms in total. The van der Waals surface area contributed by atoms with Crippen LogP contribution in [-0.4, -0.2) is 21.1 Å². The second-order valence-corrected chi connectivity index (χ2v) is 6.14. The maximum Gasteiger partial charge on any atom is 0.389 e. The Morgan fingerprint density at radius 2 is 2.06 bits per heavy atom. The molecule has 1 aromatic rings. The van der Waals surface area contributed by atoms with Crippen LogP contribution in [0.25, 0.3) is 0 Å². The molecule has 1 aliphatic rings. The van der Waals surface area contributed by atoms with Gasteiger partial charge in [-0.3, -0.25) is 0 Å². The molecule has 0 aromatic heterocycles. The summed E-state index contributed by atoms with van der Waals surface area (Å²) < 4.78 is 62.9. The van der Waals surface area contributed by atoms with Crippen molar-refractivity contribution in [1.82, 2.24) is 4.72 Å². The molecular weight excluding hydrogens is 267 g/mol. The highest BCUT2D eigenvalue weighted by Crippen LogP contribution is 2.36. The Bertz CT molecular complexity index is 566. The van der Waals surface area contributed by atoms with Gasteiger partial charge in [0, 0.05) is 12.5 Å². The van der Waals surface area contributed by atoms with Crippen LogP contribution in [0.3, 0.4) is 0 Å². The Labute approximate surface area is 103 Å². The Morgan fingerprint density at radius 1 is 1.39 bits per heavy atom. The van der Waals surface area contributed by atoms with Gasteiger partial charge in [0.2, 0.25) is 10.0 Å². The number of benzene rings is 1. The highest BCUT2D eigenvalue weighted by Gasteiger charge is 2.38. The first kappa shape index (κ1) is 13.4. The molecule has 0 bridgehead atoms. The normalized spacial score (nSPS) is 22.6. The van der Waals surface area contributed by atoms with Crippen molar-refractivity contribution in [1.29, 1.82) is 0 Å². The van der Waals surface area contributed by atoms with Crippen LogP contribution in [0.1, 0.15) is 23.5 Å².